The van der Waals surface area contributed by atoms with Crippen molar-refractivity contribution in [1.29, 1.82) is 0 Å². The van der Waals surface area contributed by atoms with Gasteiger partial charge in [0.05, 0.1) is 22.2 Å². The molecular formula is C22H18BrN3. The van der Waals surface area contributed by atoms with Crippen LogP contribution in [0.15, 0.2) is 71.5 Å². The summed E-state index contributed by atoms with van der Waals surface area (Å²) >= 11 is 3.65. The number of aromatic nitrogens is 3. The summed E-state index contributed by atoms with van der Waals surface area (Å²) in [6.45, 7) is 4.36. The number of benzene rings is 3. The summed E-state index contributed by atoms with van der Waals surface area (Å²) < 4.78 is 5.43. The van der Waals surface area contributed by atoms with E-state index in [-0.39, 0.29) is 0 Å². The summed E-state index contributed by atoms with van der Waals surface area (Å²) in [6.07, 6.45) is 0. The highest BCUT2D eigenvalue weighted by Crippen LogP contribution is 2.35. The number of hydrogen-bond acceptors (Lipinski definition) is 1. The molecule has 5 rings (SSSR count). The average Bonchev–Trinajstić information content (AvgIpc) is 3.16. The Kier molecular flexibility index (Phi) is 3.44. The highest BCUT2D eigenvalue weighted by atomic mass is 79.9. The molecule has 0 saturated heterocycles. The molecule has 0 spiro atoms. The molecule has 3 nitrogen and oxygen atoms in total. The minimum atomic E-state index is 0.336. The molecule has 0 radical (unpaired) electrons. The van der Waals surface area contributed by atoms with Crippen molar-refractivity contribution in [3.63, 3.8) is 0 Å². The Morgan fingerprint density at radius 3 is 1.96 bits per heavy atom. The Morgan fingerprint density at radius 1 is 0.769 bits per heavy atom. The zero-order chi connectivity index (χ0) is 17.8. The van der Waals surface area contributed by atoms with Crippen molar-refractivity contribution in [2.24, 2.45) is 0 Å². The van der Waals surface area contributed by atoms with Crippen molar-refractivity contribution >= 4 is 48.8 Å². The highest BCUT2D eigenvalue weighted by Gasteiger charge is 2.18. The van der Waals surface area contributed by atoms with Gasteiger partial charge in [-0.15, -0.1) is 0 Å². The predicted molar refractivity (Wildman–Crippen MR) is 112 cm³/mol. The predicted octanol–water partition coefficient (Wildman–Crippen LogP) is 6.48. The van der Waals surface area contributed by atoms with Gasteiger partial charge >= 0.3 is 0 Å². The van der Waals surface area contributed by atoms with E-state index in [1.165, 1.54) is 21.8 Å². The number of fused-ring (bicyclic) bond motifs is 4. The van der Waals surface area contributed by atoms with Crippen molar-refractivity contribution in [2.45, 2.75) is 19.9 Å². The van der Waals surface area contributed by atoms with Crippen LogP contribution in [0.4, 0.5) is 0 Å². The van der Waals surface area contributed by atoms with Gasteiger partial charge in [0.15, 0.2) is 4.73 Å². The van der Waals surface area contributed by atoms with Crippen molar-refractivity contribution in [1.82, 2.24) is 14.1 Å². The monoisotopic (exact) mass is 403 g/mol. The van der Waals surface area contributed by atoms with Crippen LogP contribution in [-0.4, -0.2) is 14.1 Å². The molecule has 0 aliphatic rings. The van der Waals surface area contributed by atoms with E-state index in [4.69, 9.17) is 4.98 Å². The van der Waals surface area contributed by atoms with E-state index in [1.807, 2.05) is 0 Å². The van der Waals surface area contributed by atoms with Gasteiger partial charge in [-0.1, -0.05) is 42.5 Å². The minimum absolute atomic E-state index is 0.336. The van der Waals surface area contributed by atoms with Gasteiger partial charge in [-0.05, 0) is 54.0 Å². The van der Waals surface area contributed by atoms with Crippen LogP contribution in [-0.2, 0) is 0 Å². The first-order valence-corrected chi connectivity index (χ1v) is 9.61. The minimum Gasteiger partial charge on any atom is -0.316 e. The second kappa shape index (κ2) is 5.71. The summed E-state index contributed by atoms with van der Waals surface area (Å²) in [5.74, 6) is 0. The zero-order valence-corrected chi connectivity index (χ0v) is 16.2. The molecule has 26 heavy (non-hydrogen) atoms. The molecule has 0 aliphatic heterocycles. The van der Waals surface area contributed by atoms with Gasteiger partial charge < -0.3 is 9.13 Å². The number of halogens is 1. The lowest BCUT2D eigenvalue weighted by Gasteiger charge is -2.11. The number of para-hydroxylation sites is 3. The smallest absolute Gasteiger partial charge is 0.178 e. The number of imidazole rings is 1. The summed E-state index contributed by atoms with van der Waals surface area (Å²) in [4.78, 5) is 4.86. The Bertz CT molecular complexity index is 1220. The van der Waals surface area contributed by atoms with Crippen LogP contribution in [0.3, 0.4) is 0 Å². The standard InChI is InChI=1S/C22H18BrN3/c1-14(2)25-19-12-7-13-20(21(19)24-22(25)23)26-17-10-5-3-8-15(17)16-9-4-6-11-18(16)26/h3-14H,1-2H3. The molecule has 0 bridgehead atoms. The van der Waals surface area contributed by atoms with Gasteiger partial charge in [-0.3, -0.25) is 0 Å². The second-order valence-corrected chi connectivity index (χ2v) is 7.57. The van der Waals surface area contributed by atoms with Crippen LogP contribution >= 0.6 is 15.9 Å². The fourth-order valence-corrected chi connectivity index (χ4v) is 4.71. The Labute approximate surface area is 160 Å². The van der Waals surface area contributed by atoms with Gasteiger partial charge in [-0.25, -0.2) is 4.98 Å². The topological polar surface area (TPSA) is 22.8 Å². The average molecular weight is 404 g/mol. The molecule has 2 heterocycles. The van der Waals surface area contributed by atoms with Gasteiger partial charge in [0.25, 0.3) is 0 Å². The third kappa shape index (κ3) is 2.08. The molecule has 4 heteroatoms. The molecule has 0 unspecified atom stereocenters. The Morgan fingerprint density at radius 2 is 1.35 bits per heavy atom. The van der Waals surface area contributed by atoms with Crippen molar-refractivity contribution in [3.8, 4) is 5.69 Å². The SMILES string of the molecule is CC(C)n1c(Br)nc2c(-n3c4ccccc4c4ccccc43)cccc21. The molecule has 0 aliphatic carbocycles. The Hall–Kier alpha value is -2.59. The third-order valence-electron chi connectivity index (χ3n) is 4.99. The van der Waals surface area contributed by atoms with E-state index in [0.717, 1.165) is 21.5 Å². The third-order valence-corrected chi connectivity index (χ3v) is 5.55. The molecule has 0 fully saturated rings. The first-order valence-electron chi connectivity index (χ1n) is 8.82. The molecule has 5 aromatic rings. The summed E-state index contributed by atoms with van der Waals surface area (Å²) in [5.41, 5.74) is 5.68. The maximum atomic E-state index is 4.86. The van der Waals surface area contributed by atoms with Gasteiger partial charge in [0.2, 0.25) is 0 Å². The summed E-state index contributed by atoms with van der Waals surface area (Å²) in [6, 6.07) is 23.9. The molecule has 0 atom stereocenters. The van der Waals surface area contributed by atoms with Crippen molar-refractivity contribution in [3.05, 3.63) is 71.5 Å². The van der Waals surface area contributed by atoms with Gasteiger partial charge in [-0.2, -0.15) is 0 Å². The largest absolute Gasteiger partial charge is 0.316 e. The number of hydrogen-bond donors (Lipinski definition) is 0. The first kappa shape index (κ1) is 15.6. The molecule has 2 aromatic heterocycles. The van der Waals surface area contributed by atoms with E-state index < -0.39 is 0 Å². The summed E-state index contributed by atoms with van der Waals surface area (Å²) in [5, 5.41) is 2.53. The van der Waals surface area contributed by atoms with Crippen LogP contribution in [0.25, 0.3) is 38.5 Å². The van der Waals surface area contributed by atoms with Crippen LogP contribution in [0.5, 0.6) is 0 Å². The van der Waals surface area contributed by atoms with Crippen LogP contribution in [0.1, 0.15) is 19.9 Å². The molecule has 3 aromatic carbocycles. The van der Waals surface area contributed by atoms with Crippen LogP contribution < -0.4 is 0 Å². The normalized spacial score (nSPS) is 12.0. The van der Waals surface area contributed by atoms with E-state index in [1.54, 1.807) is 0 Å². The first-order chi connectivity index (χ1) is 12.7. The molecule has 0 N–H and O–H groups in total. The summed E-state index contributed by atoms with van der Waals surface area (Å²) in [7, 11) is 0. The highest BCUT2D eigenvalue weighted by molar-refractivity contribution is 9.10. The quantitative estimate of drug-likeness (QED) is 0.330. The zero-order valence-electron chi connectivity index (χ0n) is 14.6. The van der Waals surface area contributed by atoms with E-state index >= 15 is 0 Å². The lowest BCUT2D eigenvalue weighted by Crippen LogP contribution is -2.00. The lowest BCUT2D eigenvalue weighted by atomic mass is 10.2. The Balaban J connectivity index is 1.96. The maximum absolute atomic E-state index is 4.86. The van der Waals surface area contributed by atoms with Crippen molar-refractivity contribution in [2.75, 3.05) is 0 Å². The van der Waals surface area contributed by atoms with Gasteiger partial charge in [0, 0.05) is 16.8 Å². The number of nitrogens with zero attached hydrogens (tertiary/aromatic N) is 3. The van der Waals surface area contributed by atoms with E-state index in [9.17, 15) is 0 Å². The second-order valence-electron chi connectivity index (χ2n) is 6.86. The van der Waals surface area contributed by atoms with Crippen molar-refractivity contribution < 1.29 is 0 Å². The van der Waals surface area contributed by atoms with Gasteiger partial charge in [0.1, 0.15) is 5.52 Å². The fourth-order valence-electron chi connectivity index (χ4n) is 3.93. The molecular weight excluding hydrogens is 386 g/mol. The fraction of sp³-hybridized carbons (Fsp3) is 0.136. The molecule has 0 amide bonds. The van der Waals surface area contributed by atoms with E-state index in [2.05, 4.69) is 106 Å². The molecule has 0 saturated carbocycles. The lowest BCUT2D eigenvalue weighted by molar-refractivity contribution is 0.604. The van der Waals surface area contributed by atoms with Crippen LogP contribution in [0, 0.1) is 0 Å². The van der Waals surface area contributed by atoms with E-state index in [0.29, 0.717) is 6.04 Å². The van der Waals surface area contributed by atoms with Crippen LogP contribution in [0.2, 0.25) is 0 Å². The maximum Gasteiger partial charge on any atom is 0.178 e. The number of rotatable bonds is 2. The molecule has 128 valence electrons.